The Bertz CT molecular complexity index is 2990. The summed E-state index contributed by atoms with van der Waals surface area (Å²) in [6, 6.07) is 50.8. The van der Waals surface area contributed by atoms with Crippen molar-refractivity contribution in [3.05, 3.63) is 161 Å². The van der Waals surface area contributed by atoms with E-state index in [2.05, 4.69) is 178 Å². The molecule has 0 unspecified atom stereocenters. The molecule has 4 heterocycles. The van der Waals surface area contributed by atoms with Crippen molar-refractivity contribution in [3.8, 4) is 22.3 Å². The van der Waals surface area contributed by atoms with Gasteiger partial charge in [0.1, 0.15) is 11.2 Å². The smallest absolute Gasteiger partial charge is 0.333 e. The Morgan fingerprint density at radius 3 is 2.14 bits per heavy atom. The first-order valence-electron chi connectivity index (χ1n) is 20.5. The van der Waals surface area contributed by atoms with Crippen LogP contribution in [-0.4, -0.2) is 6.85 Å². The minimum absolute atomic E-state index is 0.0655. The van der Waals surface area contributed by atoms with Crippen LogP contribution in [0.5, 0.6) is 0 Å². The van der Waals surface area contributed by atoms with E-state index in [0.717, 1.165) is 23.0 Å². The van der Waals surface area contributed by atoms with E-state index in [1.807, 2.05) is 0 Å². The number of nitrogens with zero attached hydrogens (tertiary/aromatic N) is 2. The molecule has 3 aliphatic heterocycles. The van der Waals surface area contributed by atoms with Gasteiger partial charge in [-0.3, -0.25) is 0 Å². The fraction of sp³-hybridized carbons (Fsp3) is 0.192. The Morgan fingerprint density at radius 1 is 0.571 bits per heavy atom. The van der Waals surface area contributed by atoms with Crippen LogP contribution >= 0.6 is 0 Å². The molecule has 0 saturated carbocycles. The zero-order valence-corrected chi connectivity index (χ0v) is 32.7. The lowest BCUT2D eigenvalue weighted by Gasteiger charge is -2.50. The first kappa shape index (κ1) is 32.3. The number of hydrogen-bond acceptors (Lipinski definition) is 3. The summed E-state index contributed by atoms with van der Waals surface area (Å²) in [7, 11) is 0. The van der Waals surface area contributed by atoms with Crippen molar-refractivity contribution in [2.24, 2.45) is 0 Å². The first-order chi connectivity index (χ1) is 27.3. The number of aryl methyl sites for hydroxylation is 1. The van der Waals surface area contributed by atoms with E-state index in [-0.39, 0.29) is 17.7 Å². The highest BCUT2D eigenvalue weighted by atomic mass is 16.3. The average molecular weight is 723 g/mol. The van der Waals surface area contributed by atoms with E-state index in [0.29, 0.717) is 0 Å². The lowest BCUT2D eigenvalue weighted by Crippen LogP contribution is -2.62. The van der Waals surface area contributed by atoms with Crippen LogP contribution in [0.3, 0.4) is 0 Å². The van der Waals surface area contributed by atoms with Gasteiger partial charge in [-0.05, 0) is 111 Å². The van der Waals surface area contributed by atoms with Crippen LogP contribution < -0.4 is 20.6 Å². The fourth-order valence-electron chi connectivity index (χ4n) is 11.1. The van der Waals surface area contributed by atoms with Gasteiger partial charge in [0.25, 0.3) is 0 Å². The van der Waals surface area contributed by atoms with Gasteiger partial charge in [-0.2, -0.15) is 0 Å². The van der Waals surface area contributed by atoms with Gasteiger partial charge in [0.15, 0.2) is 0 Å². The van der Waals surface area contributed by atoms with E-state index >= 15 is 0 Å². The van der Waals surface area contributed by atoms with Gasteiger partial charge in [0, 0.05) is 38.8 Å². The van der Waals surface area contributed by atoms with Crippen molar-refractivity contribution in [2.45, 2.75) is 64.7 Å². The molecule has 0 bridgehead atoms. The van der Waals surface area contributed by atoms with E-state index < -0.39 is 0 Å². The highest BCUT2D eigenvalue weighted by Crippen LogP contribution is 2.59. The van der Waals surface area contributed by atoms with Crippen LogP contribution in [0.2, 0.25) is 0 Å². The third-order valence-corrected chi connectivity index (χ3v) is 13.8. The molecule has 0 saturated heterocycles. The second-order valence-electron chi connectivity index (χ2n) is 17.5. The molecule has 1 aliphatic carbocycles. The van der Waals surface area contributed by atoms with Gasteiger partial charge in [-0.1, -0.05) is 132 Å². The van der Waals surface area contributed by atoms with E-state index in [1.54, 1.807) is 0 Å². The van der Waals surface area contributed by atoms with Crippen molar-refractivity contribution in [1.29, 1.82) is 0 Å². The van der Waals surface area contributed by atoms with Crippen LogP contribution in [0.1, 0.15) is 75.3 Å². The largest absolute Gasteiger partial charge is 0.456 e. The van der Waals surface area contributed by atoms with Crippen LogP contribution in [0, 0.1) is 0 Å². The Hall–Kier alpha value is -6.00. The molecule has 3 nitrogen and oxygen atoms in total. The molecule has 4 heteroatoms. The standard InChI is InChI=1S/C52H43BN2O/c1-6-7-15-31-24-26-32(27-25-31)55-44-30-41-35(33-16-8-10-18-38(33)51(41,2)3)28-36(44)37-29-46-47(34-17-9-13-23-45(34)56-46)50-48(37)53(55)42-21-14-20-40-49(42)54(50)43-22-12-11-19-39(43)52(40,4)5/h8-14,16-30H,6-7,15H2,1-5H3. The minimum atomic E-state index is -0.194. The third-order valence-electron chi connectivity index (χ3n) is 13.8. The second-order valence-corrected chi connectivity index (χ2v) is 17.5. The van der Waals surface area contributed by atoms with Gasteiger partial charge in [0.2, 0.25) is 0 Å². The SMILES string of the molecule is CCCCc1ccc(N2B3c4cccc5c4N(c4ccccc4C5(C)C)c4c3c(cc3oc5ccccc5c43)-c3cc4c(cc32)C(C)(C)c2ccccc2-4)cc1. The summed E-state index contributed by atoms with van der Waals surface area (Å²) in [6.45, 7) is 11.8. The second kappa shape index (κ2) is 11.1. The quantitative estimate of drug-likeness (QED) is 0.169. The van der Waals surface area contributed by atoms with Crippen LogP contribution in [0.15, 0.2) is 138 Å². The molecule has 4 aliphatic rings. The van der Waals surface area contributed by atoms with Crippen molar-refractivity contribution in [1.82, 2.24) is 0 Å². The average Bonchev–Trinajstić information content (AvgIpc) is 3.70. The lowest BCUT2D eigenvalue weighted by atomic mass is 9.42. The number of benzene rings is 7. The highest BCUT2D eigenvalue weighted by molar-refractivity contribution is 6.94. The summed E-state index contributed by atoms with van der Waals surface area (Å²) in [6.07, 6.45) is 3.49. The molecule has 270 valence electrons. The molecule has 56 heavy (non-hydrogen) atoms. The Labute approximate surface area is 329 Å². The number of furan rings is 1. The number of hydrogen-bond donors (Lipinski definition) is 0. The van der Waals surface area contributed by atoms with E-state index in [9.17, 15) is 0 Å². The van der Waals surface area contributed by atoms with Crippen LogP contribution in [0.4, 0.5) is 28.4 Å². The Balaban J connectivity index is 1.26. The summed E-state index contributed by atoms with van der Waals surface area (Å²) < 4.78 is 6.89. The predicted molar refractivity (Wildman–Crippen MR) is 236 cm³/mol. The zero-order chi connectivity index (χ0) is 37.7. The van der Waals surface area contributed by atoms with Gasteiger partial charge in [-0.25, -0.2) is 0 Å². The molecular formula is C52H43BN2O. The maximum atomic E-state index is 6.89. The van der Waals surface area contributed by atoms with E-state index in [4.69, 9.17) is 4.42 Å². The molecule has 0 spiro atoms. The summed E-state index contributed by atoms with van der Waals surface area (Å²) >= 11 is 0. The van der Waals surface area contributed by atoms with Crippen molar-refractivity contribution >= 4 is 68.1 Å². The number of rotatable bonds is 4. The molecule has 0 radical (unpaired) electrons. The third kappa shape index (κ3) is 3.99. The number of unbranched alkanes of at least 4 members (excludes halogenated alkanes) is 1. The summed E-state index contributed by atoms with van der Waals surface area (Å²) in [4.78, 5) is 5.31. The van der Waals surface area contributed by atoms with Crippen molar-refractivity contribution < 1.29 is 4.42 Å². The number of fused-ring (bicyclic) bond motifs is 13. The summed E-state index contributed by atoms with van der Waals surface area (Å²) in [5, 5.41) is 2.34. The molecule has 0 fully saturated rings. The molecule has 0 atom stereocenters. The molecule has 0 amide bonds. The van der Waals surface area contributed by atoms with Gasteiger partial charge in [-0.15, -0.1) is 0 Å². The minimum Gasteiger partial charge on any atom is -0.456 e. The number of anilines is 5. The molecule has 0 N–H and O–H groups in total. The van der Waals surface area contributed by atoms with Crippen molar-refractivity contribution in [2.75, 3.05) is 9.71 Å². The molecule has 8 aromatic rings. The van der Waals surface area contributed by atoms with Gasteiger partial charge < -0.3 is 14.1 Å². The Kier molecular flexibility index (Phi) is 6.38. The predicted octanol–water partition coefficient (Wildman–Crippen LogP) is 12.6. The van der Waals surface area contributed by atoms with Gasteiger partial charge >= 0.3 is 6.85 Å². The number of para-hydroxylation sites is 3. The normalized spacial score (nSPS) is 16.0. The van der Waals surface area contributed by atoms with Crippen molar-refractivity contribution in [3.63, 3.8) is 0 Å². The van der Waals surface area contributed by atoms with Crippen LogP contribution in [0.25, 0.3) is 44.2 Å². The fourth-order valence-corrected chi connectivity index (χ4v) is 11.1. The molecule has 7 aromatic carbocycles. The molecule has 12 rings (SSSR count). The highest BCUT2D eigenvalue weighted by Gasteiger charge is 2.51. The molecule has 1 aromatic heterocycles. The van der Waals surface area contributed by atoms with Crippen LogP contribution in [-0.2, 0) is 17.3 Å². The molecular weight excluding hydrogens is 679 g/mol. The topological polar surface area (TPSA) is 19.6 Å². The maximum absolute atomic E-state index is 6.89. The summed E-state index contributed by atoms with van der Waals surface area (Å²) in [5.41, 5.74) is 22.6. The van der Waals surface area contributed by atoms with Gasteiger partial charge in [0.05, 0.1) is 16.8 Å². The zero-order valence-electron chi connectivity index (χ0n) is 32.7. The Morgan fingerprint density at radius 2 is 1.30 bits per heavy atom. The maximum Gasteiger partial charge on any atom is 0.333 e. The first-order valence-corrected chi connectivity index (χ1v) is 20.5. The monoisotopic (exact) mass is 722 g/mol. The lowest BCUT2D eigenvalue weighted by molar-refractivity contribution is 0.632. The summed E-state index contributed by atoms with van der Waals surface area (Å²) in [5.74, 6) is 0. The van der Waals surface area contributed by atoms with E-state index in [1.165, 1.54) is 108 Å².